The average Bonchev–Trinajstić information content (AvgIpc) is 3.55. The number of benzene rings is 4. The fraction of sp³-hybridized carbons (Fsp3) is 0.282. The Labute approximate surface area is 275 Å². The minimum Gasteiger partial charge on any atom is -0.368 e. The maximum atomic E-state index is 14.8. The first-order chi connectivity index (χ1) is 22.4. The second kappa shape index (κ2) is 12.3. The van der Waals surface area contributed by atoms with Gasteiger partial charge in [0.05, 0.1) is 11.7 Å². The standard InChI is InChI=1S/C39H39ClN4O2/c1-4-26(2)35(39(46)43-23-21-42(22-24-43)29-16-12-15-28(40)25-29)44-37(30-17-8-9-18-31(30)38(44)45)34-32-19-10-11-20-33(32)41(3)36(34)27-13-6-5-7-14-27/h5-20,25-26,35,37H,4,21-24H2,1-3H3. The number of carbonyl (C=O) groups is 2. The zero-order valence-electron chi connectivity index (χ0n) is 26.6. The van der Waals surface area contributed by atoms with Crippen LogP contribution in [0.25, 0.3) is 22.2 Å². The topological polar surface area (TPSA) is 48.8 Å². The molecule has 3 atom stereocenters. The molecule has 1 fully saturated rings. The van der Waals surface area contributed by atoms with Gasteiger partial charge in [-0.1, -0.05) is 105 Å². The molecule has 1 saturated heterocycles. The van der Waals surface area contributed by atoms with E-state index in [4.69, 9.17) is 11.6 Å². The number of nitrogens with zero attached hydrogens (tertiary/aromatic N) is 4. The van der Waals surface area contributed by atoms with Crippen molar-refractivity contribution in [1.82, 2.24) is 14.4 Å². The molecule has 7 rings (SSSR count). The molecule has 2 aliphatic rings. The Balaban J connectivity index is 1.33. The second-order valence-electron chi connectivity index (χ2n) is 12.5. The van der Waals surface area contributed by atoms with Crippen LogP contribution in [0.1, 0.15) is 47.8 Å². The van der Waals surface area contributed by atoms with Gasteiger partial charge in [0.1, 0.15) is 6.04 Å². The normalized spacial score (nSPS) is 17.8. The van der Waals surface area contributed by atoms with Crippen LogP contribution in [0, 0.1) is 5.92 Å². The van der Waals surface area contributed by atoms with E-state index in [1.807, 2.05) is 52.3 Å². The molecule has 3 heterocycles. The number of anilines is 1. The number of carbonyl (C=O) groups excluding carboxylic acids is 2. The third-order valence-electron chi connectivity index (χ3n) is 9.97. The summed E-state index contributed by atoms with van der Waals surface area (Å²) in [6.45, 7) is 6.80. The van der Waals surface area contributed by atoms with E-state index in [9.17, 15) is 9.59 Å². The van der Waals surface area contributed by atoms with Gasteiger partial charge in [-0.25, -0.2) is 0 Å². The van der Waals surface area contributed by atoms with Crippen molar-refractivity contribution >= 4 is 40.0 Å². The highest BCUT2D eigenvalue weighted by atomic mass is 35.5. The van der Waals surface area contributed by atoms with Crippen LogP contribution >= 0.6 is 11.6 Å². The third kappa shape index (κ3) is 5.05. The minimum atomic E-state index is -0.616. The van der Waals surface area contributed by atoms with Gasteiger partial charge in [0.2, 0.25) is 5.91 Å². The molecule has 3 unspecified atom stereocenters. The molecule has 0 aliphatic carbocycles. The van der Waals surface area contributed by atoms with Crippen molar-refractivity contribution in [1.29, 1.82) is 0 Å². The lowest BCUT2D eigenvalue weighted by atomic mass is 9.90. The summed E-state index contributed by atoms with van der Waals surface area (Å²) in [6.07, 6.45) is 0.771. The first kappa shape index (κ1) is 30.1. The lowest BCUT2D eigenvalue weighted by Crippen LogP contribution is -2.57. The van der Waals surface area contributed by atoms with Gasteiger partial charge in [-0.15, -0.1) is 0 Å². The Bertz CT molecular complexity index is 1910. The highest BCUT2D eigenvalue weighted by Crippen LogP contribution is 2.48. The number of hydrogen-bond acceptors (Lipinski definition) is 3. The van der Waals surface area contributed by atoms with E-state index < -0.39 is 12.1 Å². The molecular formula is C39H39ClN4O2. The molecule has 46 heavy (non-hydrogen) atoms. The van der Waals surface area contributed by atoms with Crippen LogP contribution in [0.3, 0.4) is 0 Å². The van der Waals surface area contributed by atoms with Crippen LogP contribution in [0.5, 0.6) is 0 Å². The largest absolute Gasteiger partial charge is 0.368 e. The summed E-state index contributed by atoms with van der Waals surface area (Å²) < 4.78 is 2.23. The number of hydrogen-bond donors (Lipinski definition) is 0. The zero-order chi connectivity index (χ0) is 31.9. The van der Waals surface area contributed by atoms with Gasteiger partial charge in [-0.2, -0.15) is 0 Å². The van der Waals surface area contributed by atoms with Crippen LogP contribution in [0.4, 0.5) is 5.69 Å². The summed E-state index contributed by atoms with van der Waals surface area (Å²) >= 11 is 6.28. The fourth-order valence-corrected chi connectivity index (χ4v) is 7.65. The first-order valence-electron chi connectivity index (χ1n) is 16.2. The summed E-state index contributed by atoms with van der Waals surface area (Å²) in [5.74, 6) is -0.106. The molecule has 234 valence electrons. The van der Waals surface area contributed by atoms with Crippen molar-refractivity contribution in [2.45, 2.75) is 32.4 Å². The number of aromatic nitrogens is 1. The van der Waals surface area contributed by atoms with Gasteiger partial charge in [-0.3, -0.25) is 9.59 Å². The molecule has 0 spiro atoms. The number of aryl methyl sites for hydroxylation is 1. The van der Waals surface area contributed by atoms with Crippen LogP contribution in [0.2, 0.25) is 5.02 Å². The van der Waals surface area contributed by atoms with Gasteiger partial charge in [0.25, 0.3) is 5.91 Å². The molecule has 4 aromatic carbocycles. The molecule has 7 heteroatoms. The average molecular weight is 631 g/mol. The molecule has 0 saturated carbocycles. The highest BCUT2D eigenvalue weighted by molar-refractivity contribution is 6.30. The van der Waals surface area contributed by atoms with E-state index >= 15 is 0 Å². The van der Waals surface area contributed by atoms with Gasteiger partial charge in [-0.05, 0) is 47.4 Å². The Hall–Kier alpha value is -4.55. The zero-order valence-corrected chi connectivity index (χ0v) is 27.3. The van der Waals surface area contributed by atoms with Gasteiger partial charge >= 0.3 is 0 Å². The van der Waals surface area contributed by atoms with Crippen molar-refractivity contribution in [3.63, 3.8) is 0 Å². The third-order valence-corrected chi connectivity index (χ3v) is 10.2. The molecule has 0 N–H and O–H groups in total. The van der Waals surface area contributed by atoms with Gasteiger partial charge < -0.3 is 19.3 Å². The maximum Gasteiger partial charge on any atom is 0.255 e. The molecule has 6 nitrogen and oxygen atoms in total. The summed E-state index contributed by atoms with van der Waals surface area (Å²) in [6, 6.07) is 33.5. The number of piperazine rings is 1. The van der Waals surface area contributed by atoms with Crippen LogP contribution in [0.15, 0.2) is 103 Å². The van der Waals surface area contributed by atoms with E-state index in [2.05, 4.69) is 91.0 Å². The maximum absolute atomic E-state index is 14.8. The van der Waals surface area contributed by atoms with Crippen molar-refractivity contribution in [2.75, 3.05) is 31.1 Å². The predicted molar refractivity (Wildman–Crippen MR) is 186 cm³/mol. The van der Waals surface area contributed by atoms with E-state index in [-0.39, 0.29) is 17.7 Å². The van der Waals surface area contributed by atoms with Crippen molar-refractivity contribution in [3.05, 3.63) is 125 Å². The number of rotatable bonds is 7. The van der Waals surface area contributed by atoms with E-state index in [1.165, 1.54) is 0 Å². The summed E-state index contributed by atoms with van der Waals surface area (Å²) in [7, 11) is 2.10. The molecule has 5 aromatic rings. The number of amides is 2. The molecule has 2 amide bonds. The van der Waals surface area contributed by atoms with Crippen molar-refractivity contribution in [2.24, 2.45) is 13.0 Å². The predicted octanol–water partition coefficient (Wildman–Crippen LogP) is 7.81. The molecule has 1 aromatic heterocycles. The summed E-state index contributed by atoms with van der Waals surface area (Å²) in [4.78, 5) is 35.6. The van der Waals surface area contributed by atoms with Crippen molar-refractivity contribution in [3.8, 4) is 11.3 Å². The lowest BCUT2D eigenvalue weighted by molar-refractivity contribution is -0.138. The molecule has 2 aliphatic heterocycles. The minimum absolute atomic E-state index is 0.0211. The van der Waals surface area contributed by atoms with E-state index in [0.29, 0.717) is 36.8 Å². The fourth-order valence-electron chi connectivity index (χ4n) is 7.47. The molecule has 0 radical (unpaired) electrons. The quantitative estimate of drug-likeness (QED) is 0.184. The summed E-state index contributed by atoms with van der Waals surface area (Å²) in [5, 5.41) is 1.79. The van der Waals surface area contributed by atoms with E-state index in [0.717, 1.165) is 45.4 Å². The Morgan fingerprint density at radius 2 is 1.57 bits per heavy atom. The molecular weight excluding hydrogens is 592 g/mol. The number of fused-ring (bicyclic) bond motifs is 2. The number of para-hydroxylation sites is 1. The van der Waals surface area contributed by atoms with Crippen molar-refractivity contribution < 1.29 is 9.59 Å². The Morgan fingerprint density at radius 3 is 2.30 bits per heavy atom. The Morgan fingerprint density at radius 1 is 0.870 bits per heavy atom. The summed E-state index contributed by atoms with van der Waals surface area (Å²) in [5.41, 5.74) is 6.99. The Kier molecular flexibility index (Phi) is 8.07. The lowest BCUT2D eigenvalue weighted by Gasteiger charge is -2.42. The van der Waals surface area contributed by atoms with Gasteiger partial charge in [0.15, 0.2) is 0 Å². The smallest absolute Gasteiger partial charge is 0.255 e. The van der Waals surface area contributed by atoms with Crippen LogP contribution in [-0.2, 0) is 11.8 Å². The van der Waals surface area contributed by atoms with E-state index in [1.54, 1.807) is 0 Å². The first-order valence-corrected chi connectivity index (χ1v) is 16.6. The van der Waals surface area contributed by atoms with Crippen LogP contribution in [-0.4, -0.2) is 58.4 Å². The SMILES string of the molecule is CCC(C)C(C(=O)N1CCN(c2cccc(Cl)c2)CC1)N1C(=O)c2ccccc2C1c1c(-c2ccccc2)n(C)c2ccccc12. The number of halogens is 1. The van der Waals surface area contributed by atoms with Gasteiger partial charge in [0, 0.05) is 66.0 Å². The monoisotopic (exact) mass is 630 g/mol. The second-order valence-corrected chi connectivity index (χ2v) is 13.0. The molecule has 0 bridgehead atoms. The highest BCUT2D eigenvalue weighted by Gasteiger charge is 2.48. The van der Waals surface area contributed by atoms with Crippen LogP contribution < -0.4 is 4.90 Å².